The number of benzene rings is 2. The predicted molar refractivity (Wildman–Crippen MR) is 84.8 cm³/mol. The second kappa shape index (κ2) is 6.63. The quantitative estimate of drug-likeness (QED) is 0.834. The van der Waals surface area contributed by atoms with E-state index in [1.807, 2.05) is 0 Å². The molecule has 20 heavy (non-hydrogen) atoms. The van der Waals surface area contributed by atoms with Gasteiger partial charge >= 0.3 is 6.03 Å². The summed E-state index contributed by atoms with van der Waals surface area (Å²) in [5, 5.41) is 5.98. The van der Waals surface area contributed by atoms with Crippen molar-refractivity contribution in [3.8, 4) is 5.75 Å². The fourth-order valence-electron chi connectivity index (χ4n) is 1.61. The summed E-state index contributed by atoms with van der Waals surface area (Å²) in [5.74, 6) is 0.650. The fourth-order valence-corrected chi connectivity index (χ4v) is 2.27. The van der Waals surface area contributed by atoms with Crippen LogP contribution in [0.4, 0.5) is 16.2 Å². The van der Waals surface area contributed by atoms with Crippen LogP contribution in [0.25, 0.3) is 0 Å². The van der Waals surface area contributed by atoms with Crippen molar-refractivity contribution >= 4 is 44.9 Å². The molecule has 2 N–H and O–H groups in total. The van der Waals surface area contributed by atoms with E-state index in [1.54, 1.807) is 49.6 Å². The highest BCUT2D eigenvalue weighted by molar-refractivity contribution is 9.10. The zero-order valence-electron chi connectivity index (χ0n) is 10.6. The number of carbonyl (C=O) groups is 1. The van der Waals surface area contributed by atoms with Gasteiger partial charge in [0.15, 0.2) is 0 Å². The Morgan fingerprint density at radius 2 is 1.90 bits per heavy atom. The molecule has 2 aromatic rings. The fraction of sp³-hybridized carbons (Fsp3) is 0.0714. The molecule has 2 aromatic carbocycles. The molecule has 0 aromatic heterocycles. The minimum absolute atomic E-state index is 0.354. The molecular weight excluding hydrogens is 344 g/mol. The highest BCUT2D eigenvalue weighted by atomic mass is 79.9. The lowest BCUT2D eigenvalue weighted by Crippen LogP contribution is -2.19. The Labute approximate surface area is 130 Å². The Morgan fingerprint density at radius 1 is 1.15 bits per heavy atom. The topological polar surface area (TPSA) is 50.4 Å². The van der Waals surface area contributed by atoms with Crippen LogP contribution in [0.1, 0.15) is 0 Å². The van der Waals surface area contributed by atoms with Crippen molar-refractivity contribution in [2.24, 2.45) is 0 Å². The number of hydrogen-bond acceptors (Lipinski definition) is 2. The van der Waals surface area contributed by atoms with Gasteiger partial charge in [0.1, 0.15) is 5.75 Å². The van der Waals surface area contributed by atoms with Crippen molar-refractivity contribution in [2.45, 2.75) is 0 Å². The lowest BCUT2D eigenvalue weighted by molar-refractivity contribution is 0.262. The first-order chi connectivity index (χ1) is 9.56. The van der Waals surface area contributed by atoms with Crippen LogP contribution in [0, 0.1) is 0 Å². The van der Waals surface area contributed by atoms with Crippen LogP contribution in [0.2, 0.25) is 5.02 Å². The Balaban J connectivity index is 2.06. The Bertz CT molecular complexity index is 634. The third-order valence-electron chi connectivity index (χ3n) is 2.45. The van der Waals surface area contributed by atoms with Crippen molar-refractivity contribution < 1.29 is 9.53 Å². The maximum absolute atomic E-state index is 11.9. The van der Waals surface area contributed by atoms with Crippen molar-refractivity contribution in [3.05, 3.63) is 52.0 Å². The molecule has 0 radical (unpaired) electrons. The van der Waals surface area contributed by atoms with Gasteiger partial charge in [-0.3, -0.25) is 0 Å². The lowest BCUT2D eigenvalue weighted by atomic mass is 10.3. The molecule has 0 bridgehead atoms. The predicted octanol–water partition coefficient (Wildman–Crippen LogP) is 4.76. The van der Waals surface area contributed by atoms with Crippen molar-refractivity contribution in [2.75, 3.05) is 17.7 Å². The van der Waals surface area contributed by atoms with Crippen LogP contribution in [0.5, 0.6) is 5.75 Å². The number of amides is 2. The van der Waals surface area contributed by atoms with Gasteiger partial charge < -0.3 is 15.4 Å². The summed E-state index contributed by atoms with van der Waals surface area (Å²) in [4.78, 5) is 11.9. The van der Waals surface area contributed by atoms with Crippen LogP contribution in [-0.4, -0.2) is 13.1 Å². The molecule has 2 amide bonds. The summed E-state index contributed by atoms with van der Waals surface area (Å²) in [6.45, 7) is 0. The van der Waals surface area contributed by atoms with E-state index in [4.69, 9.17) is 16.3 Å². The third kappa shape index (κ3) is 4.15. The van der Waals surface area contributed by atoms with E-state index in [9.17, 15) is 4.79 Å². The number of anilines is 2. The van der Waals surface area contributed by atoms with Gasteiger partial charge in [0.05, 0.1) is 7.11 Å². The van der Waals surface area contributed by atoms with E-state index in [-0.39, 0.29) is 6.03 Å². The first kappa shape index (κ1) is 14.7. The van der Waals surface area contributed by atoms with Crippen LogP contribution < -0.4 is 15.4 Å². The standard InChI is InChI=1S/C14H12BrClN2O2/c1-20-13-6-9(15)5-12(8-13)18-14(19)17-11-4-2-3-10(16)7-11/h2-8H,1H3,(H2,17,18,19). The van der Waals surface area contributed by atoms with Crippen molar-refractivity contribution in [1.82, 2.24) is 0 Å². The minimum Gasteiger partial charge on any atom is -0.497 e. The number of carbonyl (C=O) groups excluding carboxylic acids is 1. The number of nitrogens with one attached hydrogen (secondary N) is 2. The zero-order chi connectivity index (χ0) is 14.5. The molecule has 0 saturated heterocycles. The minimum atomic E-state index is -0.354. The first-order valence-electron chi connectivity index (χ1n) is 5.75. The van der Waals surface area contributed by atoms with E-state index in [0.29, 0.717) is 22.1 Å². The molecule has 0 atom stereocenters. The van der Waals surface area contributed by atoms with E-state index in [0.717, 1.165) is 4.47 Å². The van der Waals surface area contributed by atoms with Crippen LogP contribution >= 0.6 is 27.5 Å². The van der Waals surface area contributed by atoms with Gasteiger partial charge in [-0.1, -0.05) is 33.6 Å². The first-order valence-corrected chi connectivity index (χ1v) is 6.92. The van der Waals surface area contributed by atoms with Gasteiger partial charge in [-0.05, 0) is 30.3 Å². The van der Waals surface area contributed by atoms with Crippen LogP contribution in [0.15, 0.2) is 46.9 Å². The van der Waals surface area contributed by atoms with Crippen molar-refractivity contribution in [3.63, 3.8) is 0 Å². The zero-order valence-corrected chi connectivity index (χ0v) is 13.0. The Kier molecular flexibility index (Phi) is 4.87. The van der Waals surface area contributed by atoms with Gasteiger partial charge in [0, 0.05) is 26.9 Å². The number of hydrogen-bond donors (Lipinski definition) is 2. The van der Waals surface area contributed by atoms with Gasteiger partial charge in [-0.15, -0.1) is 0 Å². The highest BCUT2D eigenvalue weighted by Gasteiger charge is 2.05. The largest absolute Gasteiger partial charge is 0.497 e. The second-order valence-corrected chi connectivity index (χ2v) is 5.32. The summed E-state index contributed by atoms with van der Waals surface area (Å²) < 4.78 is 5.95. The summed E-state index contributed by atoms with van der Waals surface area (Å²) in [7, 11) is 1.57. The SMILES string of the molecule is COc1cc(Br)cc(NC(=O)Nc2cccc(Cl)c2)c1. The monoisotopic (exact) mass is 354 g/mol. The van der Waals surface area contributed by atoms with Gasteiger partial charge in [-0.25, -0.2) is 4.79 Å². The average Bonchev–Trinajstić information content (AvgIpc) is 2.37. The summed E-state index contributed by atoms with van der Waals surface area (Å²) in [6.07, 6.45) is 0. The molecule has 104 valence electrons. The normalized spacial score (nSPS) is 9.95. The Morgan fingerprint density at radius 3 is 2.60 bits per heavy atom. The number of halogens is 2. The lowest BCUT2D eigenvalue weighted by Gasteiger charge is -2.09. The highest BCUT2D eigenvalue weighted by Crippen LogP contribution is 2.24. The van der Waals surface area contributed by atoms with E-state index < -0.39 is 0 Å². The molecule has 0 heterocycles. The molecule has 6 heteroatoms. The van der Waals surface area contributed by atoms with Crippen molar-refractivity contribution in [1.29, 1.82) is 0 Å². The smallest absolute Gasteiger partial charge is 0.323 e. The molecular formula is C14H12BrClN2O2. The summed E-state index contributed by atoms with van der Waals surface area (Å²) in [5.41, 5.74) is 1.24. The second-order valence-electron chi connectivity index (χ2n) is 3.97. The molecule has 0 aliphatic rings. The molecule has 0 unspecified atom stereocenters. The maximum atomic E-state index is 11.9. The van der Waals surface area contributed by atoms with E-state index in [1.165, 1.54) is 0 Å². The molecule has 0 fully saturated rings. The Hall–Kier alpha value is -1.72. The van der Waals surface area contributed by atoms with Gasteiger partial charge in [0.2, 0.25) is 0 Å². The molecule has 4 nitrogen and oxygen atoms in total. The van der Waals surface area contributed by atoms with E-state index in [2.05, 4.69) is 26.6 Å². The molecule has 0 aliphatic carbocycles. The van der Waals surface area contributed by atoms with Crippen LogP contribution in [0.3, 0.4) is 0 Å². The number of rotatable bonds is 3. The van der Waals surface area contributed by atoms with Crippen LogP contribution in [-0.2, 0) is 0 Å². The van der Waals surface area contributed by atoms with E-state index >= 15 is 0 Å². The molecule has 2 rings (SSSR count). The molecule has 0 spiro atoms. The van der Waals surface area contributed by atoms with Gasteiger partial charge in [-0.2, -0.15) is 0 Å². The summed E-state index contributed by atoms with van der Waals surface area (Å²) >= 11 is 9.21. The molecule has 0 aliphatic heterocycles. The van der Waals surface area contributed by atoms with Gasteiger partial charge in [0.25, 0.3) is 0 Å². The summed E-state index contributed by atoms with van der Waals surface area (Å²) in [6, 6.07) is 11.9. The third-order valence-corrected chi connectivity index (χ3v) is 3.14. The molecule has 0 saturated carbocycles. The number of ether oxygens (including phenoxy) is 1. The number of urea groups is 1. The maximum Gasteiger partial charge on any atom is 0.323 e. The average molecular weight is 356 g/mol. The number of methoxy groups -OCH3 is 1.